The van der Waals surface area contributed by atoms with Gasteiger partial charge in [0.05, 0.1) is 23.2 Å². The molecule has 1 aliphatic heterocycles. The van der Waals surface area contributed by atoms with Gasteiger partial charge in [0.15, 0.2) is 0 Å². The summed E-state index contributed by atoms with van der Waals surface area (Å²) in [4.78, 5) is 19.3. The Morgan fingerprint density at radius 1 is 1.32 bits per heavy atom. The van der Waals surface area contributed by atoms with E-state index in [1.54, 1.807) is 36.4 Å². The van der Waals surface area contributed by atoms with E-state index in [1.807, 2.05) is 6.92 Å². The molecule has 2 unspecified atom stereocenters. The second kappa shape index (κ2) is 9.06. The number of hydrogen-bond acceptors (Lipinski definition) is 6. The van der Waals surface area contributed by atoms with Crippen LogP contribution in [0.1, 0.15) is 37.1 Å². The number of carbonyl (C=O) groups is 1. The number of aromatic nitrogens is 2. The van der Waals surface area contributed by atoms with Crippen molar-refractivity contribution in [2.75, 3.05) is 18.4 Å². The zero-order valence-electron chi connectivity index (χ0n) is 17.1. The number of amides is 1. The van der Waals surface area contributed by atoms with Crippen molar-refractivity contribution >= 4 is 11.6 Å². The highest BCUT2D eigenvalue weighted by molar-refractivity contribution is 5.95. The summed E-state index contributed by atoms with van der Waals surface area (Å²) in [5.41, 5.74) is 1.49. The number of likely N-dealkylation sites (tertiary alicyclic amines) is 1. The summed E-state index contributed by atoms with van der Waals surface area (Å²) in [5.74, 6) is 0.307. The molecule has 0 aliphatic carbocycles. The molecule has 8 heteroatoms. The van der Waals surface area contributed by atoms with Crippen LogP contribution in [0, 0.1) is 17.1 Å². The second-order valence-electron chi connectivity index (χ2n) is 7.62. The Labute approximate surface area is 179 Å². The zero-order chi connectivity index (χ0) is 21.8. The number of nitriles is 1. The minimum absolute atomic E-state index is 0.00907. The van der Waals surface area contributed by atoms with E-state index >= 15 is 0 Å². The maximum absolute atomic E-state index is 13.5. The fraction of sp³-hybridized carbons (Fsp3) is 0.304. The third-order valence-electron chi connectivity index (χ3n) is 5.56. The Morgan fingerprint density at radius 2 is 2.16 bits per heavy atom. The van der Waals surface area contributed by atoms with Crippen molar-refractivity contribution in [1.29, 1.82) is 5.26 Å². The van der Waals surface area contributed by atoms with Crippen molar-refractivity contribution in [1.82, 2.24) is 15.0 Å². The summed E-state index contributed by atoms with van der Waals surface area (Å²) in [5, 5.41) is 16.1. The van der Waals surface area contributed by atoms with Gasteiger partial charge in [-0.1, -0.05) is 29.4 Å². The molecule has 1 aromatic heterocycles. The molecule has 0 saturated carbocycles. The average Bonchev–Trinajstić information content (AvgIpc) is 3.29. The molecule has 1 N–H and O–H groups in total. The third kappa shape index (κ3) is 4.62. The van der Waals surface area contributed by atoms with E-state index in [1.165, 1.54) is 12.1 Å². The van der Waals surface area contributed by atoms with Crippen LogP contribution >= 0.6 is 0 Å². The highest BCUT2D eigenvalue weighted by Crippen LogP contribution is 2.29. The number of carbonyl (C=O) groups excluding carboxylic acids is 1. The maximum atomic E-state index is 13.5. The van der Waals surface area contributed by atoms with Gasteiger partial charge in [0.2, 0.25) is 17.6 Å². The van der Waals surface area contributed by atoms with Crippen molar-refractivity contribution < 1.29 is 13.7 Å². The van der Waals surface area contributed by atoms with Gasteiger partial charge in [-0.2, -0.15) is 10.2 Å². The normalized spacial score (nSPS) is 17.6. The van der Waals surface area contributed by atoms with Crippen LogP contribution < -0.4 is 5.32 Å². The summed E-state index contributed by atoms with van der Waals surface area (Å²) in [6, 6.07) is 14.7. The molecule has 4 rings (SSSR count). The van der Waals surface area contributed by atoms with Crippen molar-refractivity contribution in [2.45, 2.75) is 31.7 Å². The van der Waals surface area contributed by atoms with Crippen molar-refractivity contribution in [3.63, 3.8) is 0 Å². The van der Waals surface area contributed by atoms with Gasteiger partial charge in [0, 0.05) is 12.1 Å². The molecular weight excluding hydrogens is 397 g/mol. The van der Waals surface area contributed by atoms with E-state index in [2.05, 4.69) is 26.4 Å². The Kier molecular flexibility index (Phi) is 6.05. The number of rotatable bonds is 5. The Bertz CT molecular complexity index is 1120. The lowest BCUT2D eigenvalue weighted by atomic mass is 9.96. The molecular formula is C23H22FN5O2. The number of benzene rings is 2. The fourth-order valence-electron chi connectivity index (χ4n) is 3.80. The zero-order valence-corrected chi connectivity index (χ0v) is 17.1. The van der Waals surface area contributed by atoms with E-state index in [-0.39, 0.29) is 23.7 Å². The van der Waals surface area contributed by atoms with Gasteiger partial charge in [-0.15, -0.1) is 0 Å². The smallest absolute Gasteiger partial charge is 0.241 e. The van der Waals surface area contributed by atoms with Gasteiger partial charge in [-0.3, -0.25) is 9.69 Å². The van der Waals surface area contributed by atoms with Crippen LogP contribution in [0.3, 0.4) is 0 Å². The predicted octanol–water partition coefficient (Wildman–Crippen LogP) is 3.95. The standard InChI is InChI=1S/C23H22FN5O2/c1-15(22(30)26-20-10-3-2-6-17(20)13-25)29-11-5-8-18(14-29)23-27-21(28-31-23)16-7-4-9-19(24)12-16/h2-4,6-7,9-10,12,15,18H,5,8,11,14H2,1H3,(H,26,30). The van der Waals surface area contributed by atoms with Crippen molar-refractivity contribution in [3.8, 4) is 17.5 Å². The Morgan fingerprint density at radius 3 is 2.97 bits per heavy atom. The molecule has 0 radical (unpaired) electrons. The fourth-order valence-corrected chi connectivity index (χ4v) is 3.80. The quantitative estimate of drug-likeness (QED) is 0.673. The summed E-state index contributed by atoms with van der Waals surface area (Å²) < 4.78 is 19.0. The second-order valence-corrected chi connectivity index (χ2v) is 7.62. The van der Waals surface area contributed by atoms with E-state index in [9.17, 15) is 14.4 Å². The molecule has 2 aromatic carbocycles. The lowest BCUT2D eigenvalue weighted by molar-refractivity contribution is -0.121. The molecule has 1 aliphatic rings. The Balaban J connectivity index is 1.43. The first kappa shape index (κ1) is 20.7. The predicted molar refractivity (Wildman–Crippen MR) is 112 cm³/mol. The van der Waals surface area contributed by atoms with Crippen molar-refractivity contribution in [3.05, 3.63) is 65.8 Å². The number of piperidine rings is 1. The monoisotopic (exact) mass is 419 g/mol. The Hall–Kier alpha value is -3.57. The van der Waals surface area contributed by atoms with Crippen LogP contribution in [0.4, 0.5) is 10.1 Å². The van der Waals surface area contributed by atoms with Gasteiger partial charge in [-0.05, 0) is 50.6 Å². The van der Waals surface area contributed by atoms with Crippen molar-refractivity contribution in [2.24, 2.45) is 0 Å². The highest BCUT2D eigenvalue weighted by Gasteiger charge is 2.31. The van der Waals surface area contributed by atoms with Gasteiger partial charge in [0.25, 0.3) is 0 Å². The SMILES string of the molecule is CC(C(=O)Nc1ccccc1C#N)N1CCCC(c2nc(-c3cccc(F)c3)no2)C1. The van der Waals surface area contributed by atoms with Crippen LogP contribution in [0.15, 0.2) is 53.1 Å². The van der Waals surface area contributed by atoms with Gasteiger partial charge >= 0.3 is 0 Å². The van der Waals surface area contributed by atoms with Gasteiger partial charge in [-0.25, -0.2) is 4.39 Å². The minimum Gasteiger partial charge on any atom is -0.339 e. The first-order valence-corrected chi connectivity index (χ1v) is 10.2. The molecule has 1 fully saturated rings. The number of nitrogens with one attached hydrogen (secondary N) is 1. The molecule has 7 nitrogen and oxygen atoms in total. The molecule has 1 amide bonds. The lowest BCUT2D eigenvalue weighted by Crippen LogP contribution is -2.46. The lowest BCUT2D eigenvalue weighted by Gasteiger charge is -2.34. The molecule has 3 aromatic rings. The van der Waals surface area contributed by atoms with Gasteiger partial charge in [0.1, 0.15) is 11.9 Å². The summed E-state index contributed by atoms with van der Waals surface area (Å²) in [6.45, 7) is 3.22. The number of hydrogen-bond donors (Lipinski definition) is 1. The largest absolute Gasteiger partial charge is 0.339 e. The van der Waals surface area contributed by atoms with E-state index in [0.29, 0.717) is 35.1 Å². The first-order chi connectivity index (χ1) is 15.0. The van der Waals surface area contributed by atoms with E-state index < -0.39 is 0 Å². The van der Waals surface area contributed by atoms with E-state index in [4.69, 9.17) is 4.52 Å². The number of para-hydroxylation sites is 1. The van der Waals surface area contributed by atoms with E-state index in [0.717, 1.165) is 19.4 Å². The molecule has 31 heavy (non-hydrogen) atoms. The maximum Gasteiger partial charge on any atom is 0.241 e. The number of nitrogens with zero attached hydrogens (tertiary/aromatic N) is 4. The minimum atomic E-state index is -0.389. The molecule has 0 spiro atoms. The molecule has 2 heterocycles. The highest BCUT2D eigenvalue weighted by atomic mass is 19.1. The molecule has 158 valence electrons. The molecule has 1 saturated heterocycles. The van der Waals surface area contributed by atoms with Crippen LogP contribution in [-0.2, 0) is 4.79 Å². The topological polar surface area (TPSA) is 95.1 Å². The van der Waals surface area contributed by atoms with Crippen LogP contribution in [-0.4, -0.2) is 40.1 Å². The number of anilines is 1. The summed E-state index contributed by atoms with van der Waals surface area (Å²) in [7, 11) is 0. The van der Waals surface area contributed by atoms with Crippen LogP contribution in [0.2, 0.25) is 0 Å². The van der Waals surface area contributed by atoms with Crippen LogP contribution in [0.5, 0.6) is 0 Å². The number of halogens is 1. The molecule has 0 bridgehead atoms. The third-order valence-corrected chi connectivity index (χ3v) is 5.56. The summed E-state index contributed by atoms with van der Waals surface area (Å²) in [6.07, 6.45) is 1.75. The first-order valence-electron chi connectivity index (χ1n) is 10.2. The average molecular weight is 419 g/mol. The summed E-state index contributed by atoms with van der Waals surface area (Å²) >= 11 is 0. The molecule has 2 atom stereocenters. The van der Waals surface area contributed by atoms with Crippen LogP contribution in [0.25, 0.3) is 11.4 Å². The van der Waals surface area contributed by atoms with Gasteiger partial charge < -0.3 is 9.84 Å².